The zero-order valence-corrected chi connectivity index (χ0v) is 11.7. The molecule has 0 aliphatic rings. The highest BCUT2D eigenvalue weighted by Gasteiger charge is 2.27. The van der Waals surface area contributed by atoms with Gasteiger partial charge in [-0.2, -0.15) is 0 Å². The van der Waals surface area contributed by atoms with Gasteiger partial charge in [0.05, 0.1) is 11.6 Å². The van der Waals surface area contributed by atoms with E-state index in [1.807, 2.05) is 45.0 Å². The first-order valence-electron chi connectivity index (χ1n) is 6.51. The molecule has 0 bridgehead atoms. The van der Waals surface area contributed by atoms with Crippen molar-refractivity contribution in [2.45, 2.75) is 33.2 Å². The van der Waals surface area contributed by atoms with E-state index >= 15 is 0 Å². The number of rotatable bonds is 3. The summed E-state index contributed by atoms with van der Waals surface area (Å²) in [6.45, 7) is 5.71. The Morgan fingerprint density at radius 2 is 2.05 bits per heavy atom. The predicted molar refractivity (Wildman–Crippen MR) is 77.9 cm³/mol. The van der Waals surface area contributed by atoms with Crippen molar-refractivity contribution in [3.63, 3.8) is 0 Å². The number of nitrogens with zero attached hydrogens (tertiary/aromatic N) is 1. The number of benzene rings is 1. The second-order valence-corrected chi connectivity index (χ2v) is 5.96. The number of ketones is 1. The number of aromatic nitrogens is 1. The summed E-state index contributed by atoms with van der Waals surface area (Å²) in [4.78, 5) is 16.4. The van der Waals surface area contributed by atoms with E-state index < -0.39 is 11.5 Å². The van der Waals surface area contributed by atoms with Crippen LogP contribution in [0, 0.1) is 5.41 Å². The molecule has 1 unspecified atom stereocenters. The molecule has 0 fully saturated rings. The first-order valence-corrected chi connectivity index (χ1v) is 6.51. The molecule has 0 aliphatic carbocycles. The summed E-state index contributed by atoms with van der Waals surface area (Å²) in [6.07, 6.45) is 2.35. The lowest BCUT2D eigenvalue weighted by molar-refractivity contribution is -0.127. The van der Waals surface area contributed by atoms with Gasteiger partial charge in [0.25, 0.3) is 0 Å². The number of pyridine rings is 1. The molecule has 2 N–H and O–H groups in total. The molecule has 100 valence electrons. The van der Waals surface area contributed by atoms with E-state index in [1.54, 1.807) is 6.20 Å². The molecule has 0 saturated carbocycles. The Labute approximate surface area is 113 Å². The van der Waals surface area contributed by atoms with Crippen LogP contribution in [0.1, 0.15) is 26.3 Å². The van der Waals surface area contributed by atoms with Crippen molar-refractivity contribution in [1.82, 2.24) is 4.98 Å². The third-order valence-corrected chi connectivity index (χ3v) is 3.20. The highest BCUT2D eigenvalue weighted by Crippen LogP contribution is 2.19. The number of hydrogen-bond donors (Lipinski definition) is 1. The molecule has 0 saturated heterocycles. The summed E-state index contributed by atoms with van der Waals surface area (Å²) in [6, 6.07) is 9.49. The molecule has 0 aliphatic heterocycles. The standard InChI is InChI=1S/C16H20N2O/c1-16(2,3)15(19)13(17)10-11-6-7-14-12(9-11)5-4-8-18-14/h4-9,13H,10,17H2,1-3H3. The molecular weight excluding hydrogens is 236 g/mol. The first kappa shape index (κ1) is 13.7. The lowest BCUT2D eigenvalue weighted by Crippen LogP contribution is -2.40. The molecule has 0 amide bonds. The molecule has 3 nitrogen and oxygen atoms in total. The monoisotopic (exact) mass is 256 g/mol. The van der Waals surface area contributed by atoms with Crippen molar-refractivity contribution in [3.8, 4) is 0 Å². The van der Waals surface area contributed by atoms with Crippen LogP contribution in [-0.2, 0) is 11.2 Å². The molecule has 19 heavy (non-hydrogen) atoms. The zero-order valence-electron chi connectivity index (χ0n) is 11.7. The van der Waals surface area contributed by atoms with Crippen molar-refractivity contribution in [2.24, 2.45) is 11.1 Å². The third kappa shape index (κ3) is 3.18. The van der Waals surface area contributed by atoms with Gasteiger partial charge < -0.3 is 5.73 Å². The molecular formula is C16H20N2O. The smallest absolute Gasteiger partial charge is 0.155 e. The fourth-order valence-electron chi connectivity index (χ4n) is 2.15. The molecule has 1 aromatic carbocycles. The SMILES string of the molecule is CC(C)(C)C(=O)C(N)Cc1ccc2ncccc2c1. The van der Waals surface area contributed by atoms with Crippen LogP contribution < -0.4 is 5.73 Å². The number of nitrogens with two attached hydrogens (primary N) is 1. The Bertz CT molecular complexity index is 599. The zero-order chi connectivity index (χ0) is 14.0. The number of Topliss-reactive ketones (excluding diaryl/α,β-unsaturated/α-hetero) is 1. The Kier molecular flexibility index (Phi) is 3.67. The van der Waals surface area contributed by atoms with E-state index in [2.05, 4.69) is 11.1 Å². The fourth-order valence-corrected chi connectivity index (χ4v) is 2.15. The first-order chi connectivity index (χ1) is 8.88. The second-order valence-electron chi connectivity index (χ2n) is 5.96. The largest absolute Gasteiger partial charge is 0.321 e. The summed E-state index contributed by atoms with van der Waals surface area (Å²) in [5.74, 6) is 0.0961. The van der Waals surface area contributed by atoms with E-state index in [-0.39, 0.29) is 5.78 Å². The van der Waals surface area contributed by atoms with Crippen LogP contribution in [0.15, 0.2) is 36.5 Å². The number of hydrogen-bond acceptors (Lipinski definition) is 3. The van der Waals surface area contributed by atoms with Crippen molar-refractivity contribution < 1.29 is 4.79 Å². The van der Waals surface area contributed by atoms with Gasteiger partial charge in [-0.25, -0.2) is 0 Å². The van der Waals surface area contributed by atoms with Crippen molar-refractivity contribution in [2.75, 3.05) is 0 Å². The van der Waals surface area contributed by atoms with Gasteiger partial charge in [0.15, 0.2) is 5.78 Å². The van der Waals surface area contributed by atoms with E-state index in [9.17, 15) is 4.79 Å². The fraction of sp³-hybridized carbons (Fsp3) is 0.375. The highest BCUT2D eigenvalue weighted by molar-refractivity contribution is 5.89. The summed E-state index contributed by atoms with van der Waals surface area (Å²) >= 11 is 0. The molecule has 1 atom stereocenters. The second kappa shape index (κ2) is 5.10. The Morgan fingerprint density at radius 1 is 1.32 bits per heavy atom. The maximum absolute atomic E-state index is 12.1. The highest BCUT2D eigenvalue weighted by atomic mass is 16.1. The molecule has 2 rings (SSSR count). The summed E-state index contributed by atoms with van der Waals surface area (Å²) in [5.41, 5.74) is 7.66. The predicted octanol–water partition coefficient (Wildman–Crippen LogP) is 2.72. The van der Waals surface area contributed by atoms with Gasteiger partial charge >= 0.3 is 0 Å². The van der Waals surface area contributed by atoms with Crippen LogP contribution in [0.4, 0.5) is 0 Å². The van der Waals surface area contributed by atoms with Gasteiger partial charge in [-0.15, -0.1) is 0 Å². The van der Waals surface area contributed by atoms with Gasteiger partial charge in [0.2, 0.25) is 0 Å². The average Bonchev–Trinajstić information content (AvgIpc) is 2.36. The normalized spacial score (nSPS) is 13.5. The molecule has 0 radical (unpaired) electrons. The number of carbonyl (C=O) groups excluding carboxylic acids is 1. The van der Waals surface area contributed by atoms with Gasteiger partial charge in [-0.3, -0.25) is 9.78 Å². The minimum atomic E-state index is -0.450. The van der Waals surface area contributed by atoms with Gasteiger partial charge in [-0.1, -0.05) is 32.9 Å². The van der Waals surface area contributed by atoms with Gasteiger partial charge in [0, 0.05) is 17.0 Å². The molecule has 2 aromatic rings. The minimum absolute atomic E-state index is 0.0961. The maximum atomic E-state index is 12.1. The number of carbonyl (C=O) groups is 1. The van der Waals surface area contributed by atoms with Crippen LogP contribution in [-0.4, -0.2) is 16.8 Å². The van der Waals surface area contributed by atoms with Crippen LogP contribution >= 0.6 is 0 Å². The van der Waals surface area contributed by atoms with E-state index in [4.69, 9.17) is 5.73 Å². The molecule has 3 heteroatoms. The minimum Gasteiger partial charge on any atom is -0.321 e. The Hall–Kier alpha value is -1.74. The lowest BCUT2D eigenvalue weighted by Gasteiger charge is -2.21. The topological polar surface area (TPSA) is 56.0 Å². The Morgan fingerprint density at radius 3 is 2.74 bits per heavy atom. The van der Waals surface area contributed by atoms with Gasteiger partial charge in [-0.05, 0) is 30.2 Å². The molecule has 0 spiro atoms. The quantitative estimate of drug-likeness (QED) is 0.918. The van der Waals surface area contributed by atoms with Crippen LogP contribution in [0.2, 0.25) is 0 Å². The van der Waals surface area contributed by atoms with Crippen molar-refractivity contribution in [1.29, 1.82) is 0 Å². The lowest BCUT2D eigenvalue weighted by atomic mass is 9.84. The van der Waals surface area contributed by atoms with Gasteiger partial charge in [0.1, 0.15) is 0 Å². The average molecular weight is 256 g/mol. The third-order valence-electron chi connectivity index (χ3n) is 3.20. The van der Waals surface area contributed by atoms with E-state index in [0.29, 0.717) is 6.42 Å². The van der Waals surface area contributed by atoms with Crippen LogP contribution in [0.5, 0.6) is 0 Å². The number of fused-ring (bicyclic) bond motifs is 1. The van der Waals surface area contributed by atoms with Crippen LogP contribution in [0.25, 0.3) is 10.9 Å². The Balaban J connectivity index is 2.19. The van der Waals surface area contributed by atoms with Crippen LogP contribution in [0.3, 0.4) is 0 Å². The summed E-state index contributed by atoms with van der Waals surface area (Å²) < 4.78 is 0. The van der Waals surface area contributed by atoms with E-state index in [0.717, 1.165) is 16.5 Å². The maximum Gasteiger partial charge on any atom is 0.155 e. The van der Waals surface area contributed by atoms with Crippen molar-refractivity contribution >= 4 is 16.7 Å². The summed E-state index contributed by atoms with van der Waals surface area (Å²) in [7, 11) is 0. The van der Waals surface area contributed by atoms with Crippen molar-refractivity contribution in [3.05, 3.63) is 42.1 Å². The molecule has 1 aromatic heterocycles. The summed E-state index contributed by atoms with van der Waals surface area (Å²) in [5, 5.41) is 1.08. The van der Waals surface area contributed by atoms with E-state index in [1.165, 1.54) is 0 Å². The molecule has 1 heterocycles.